The summed E-state index contributed by atoms with van der Waals surface area (Å²) >= 11 is 0. The van der Waals surface area contributed by atoms with Crippen LogP contribution in [0.15, 0.2) is 29.3 Å². The van der Waals surface area contributed by atoms with E-state index >= 15 is 0 Å². The van der Waals surface area contributed by atoms with Gasteiger partial charge in [0.2, 0.25) is 0 Å². The molecule has 2 saturated heterocycles. The van der Waals surface area contributed by atoms with Crippen molar-refractivity contribution < 1.29 is 9.66 Å². The second-order valence-corrected chi connectivity index (χ2v) is 6.36. The monoisotopic (exact) mass is 347 g/mol. The molecule has 0 saturated carbocycles. The molecule has 0 bridgehead atoms. The van der Waals surface area contributed by atoms with Gasteiger partial charge in [0.05, 0.1) is 18.1 Å². The zero-order chi connectivity index (χ0) is 17.6. The summed E-state index contributed by atoms with van der Waals surface area (Å²) in [7, 11) is 1.79. The Labute approximate surface area is 147 Å². The van der Waals surface area contributed by atoms with Gasteiger partial charge in [-0.25, -0.2) is 0 Å². The van der Waals surface area contributed by atoms with Crippen LogP contribution in [0.5, 0.6) is 0 Å². The lowest BCUT2D eigenvalue weighted by molar-refractivity contribution is -0.384. The first-order chi connectivity index (χ1) is 12.2. The first-order valence-corrected chi connectivity index (χ1v) is 8.68. The molecule has 2 aliphatic rings. The molecule has 2 aliphatic heterocycles. The van der Waals surface area contributed by atoms with Crippen LogP contribution in [0.25, 0.3) is 0 Å². The van der Waals surface area contributed by atoms with Crippen molar-refractivity contribution in [1.29, 1.82) is 0 Å². The molecule has 1 N–H and O–H groups in total. The SMILES string of the molecule is CN=C(NCc1ccc([N+](=O)[O-])cc1)N1CCC(N2CCOCC2)C1. The van der Waals surface area contributed by atoms with E-state index in [4.69, 9.17) is 4.74 Å². The number of rotatable bonds is 4. The summed E-state index contributed by atoms with van der Waals surface area (Å²) < 4.78 is 5.43. The van der Waals surface area contributed by atoms with E-state index in [1.54, 1.807) is 19.2 Å². The molecule has 1 aromatic rings. The number of hydrogen-bond donors (Lipinski definition) is 1. The summed E-state index contributed by atoms with van der Waals surface area (Å²) in [4.78, 5) is 19.5. The molecule has 8 nitrogen and oxygen atoms in total. The molecule has 0 radical (unpaired) electrons. The maximum Gasteiger partial charge on any atom is 0.269 e. The molecule has 2 fully saturated rings. The van der Waals surface area contributed by atoms with Crippen LogP contribution in [0.4, 0.5) is 5.69 Å². The van der Waals surface area contributed by atoms with Crippen LogP contribution in [0.2, 0.25) is 0 Å². The van der Waals surface area contributed by atoms with Crippen molar-refractivity contribution in [3.05, 3.63) is 39.9 Å². The Kier molecular flexibility index (Phi) is 5.83. The van der Waals surface area contributed by atoms with E-state index in [9.17, 15) is 10.1 Å². The van der Waals surface area contributed by atoms with Crippen LogP contribution in [0.1, 0.15) is 12.0 Å². The van der Waals surface area contributed by atoms with Gasteiger partial charge in [0.15, 0.2) is 5.96 Å². The third kappa shape index (κ3) is 4.46. The van der Waals surface area contributed by atoms with Crippen molar-refractivity contribution >= 4 is 11.6 Å². The molecule has 8 heteroatoms. The van der Waals surface area contributed by atoms with Crippen molar-refractivity contribution in [2.75, 3.05) is 46.4 Å². The Morgan fingerprint density at radius 2 is 2.04 bits per heavy atom. The van der Waals surface area contributed by atoms with Gasteiger partial charge in [0.1, 0.15) is 0 Å². The molecule has 0 spiro atoms. The second kappa shape index (κ2) is 8.26. The lowest BCUT2D eigenvalue weighted by atomic mass is 10.2. The summed E-state index contributed by atoms with van der Waals surface area (Å²) in [5, 5.41) is 14.1. The van der Waals surface area contributed by atoms with Gasteiger partial charge >= 0.3 is 0 Å². The van der Waals surface area contributed by atoms with Crippen LogP contribution < -0.4 is 5.32 Å². The highest BCUT2D eigenvalue weighted by molar-refractivity contribution is 5.80. The smallest absolute Gasteiger partial charge is 0.269 e. The van der Waals surface area contributed by atoms with Gasteiger partial charge in [-0.15, -0.1) is 0 Å². The summed E-state index contributed by atoms with van der Waals surface area (Å²) in [6, 6.07) is 7.17. The fourth-order valence-electron chi connectivity index (χ4n) is 3.42. The van der Waals surface area contributed by atoms with Gasteiger partial charge in [-0.3, -0.25) is 20.0 Å². The van der Waals surface area contributed by atoms with Crippen molar-refractivity contribution in [2.24, 2.45) is 4.99 Å². The minimum Gasteiger partial charge on any atom is -0.379 e. The molecule has 1 atom stereocenters. The number of nitrogens with zero attached hydrogens (tertiary/aromatic N) is 4. The predicted octanol–water partition coefficient (Wildman–Crippen LogP) is 1.08. The topological polar surface area (TPSA) is 83.2 Å². The van der Waals surface area contributed by atoms with E-state index in [2.05, 4.69) is 20.1 Å². The summed E-state index contributed by atoms with van der Waals surface area (Å²) in [6.45, 7) is 6.22. The molecule has 0 aliphatic carbocycles. The van der Waals surface area contributed by atoms with E-state index in [1.165, 1.54) is 12.1 Å². The minimum atomic E-state index is -0.383. The highest BCUT2D eigenvalue weighted by Gasteiger charge is 2.30. The Bertz CT molecular complexity index is 613. The Balaban J connectivity index is 1.52. The number of guanidine groups is 1. The number of hydrogen-bond acceptors (Lipinski definition) is 5. The van der Waals surface area contributed by atoms with E-state index in [0.717, 1.165) is 57.3 Å². The molecule has 0 aromatic heterocycles. The lowest BCUT2D eigenvalue weighted by Gasteiger charge is -2.32. The number of nitro benzene ring substituents is 1. The maximum absolute atomic E-state index is 10.7. The average molecular weight is 347 g/mol. The third-order valence-corrected chi connectivity index (χ3v) is 4.83. The summed E-state index contributed by atoms with van der Waals surface area (Å²) in [6.07, 6.45) is 1.14. The second-order valence-electron chi connectivity index (χ2n) is 6.36. The van der Waals surface area contributed by atoms with Crippen molar-refractivity contribution in [1.82, 2.24) is 15.1 Å². The van der Waals surface area contributed by atoms with Gasteiger partial charge in [0, 0.05) is 57.9 Å². The molecule has 25 heavy (non-hydrogen) atoms. The van der Waals surface area contributed by atoms with E-state index < -0.39 is 0 Å². The molecule has 136 valence electrons. The summed E-state index contributed by atoms with van der Waals surface area (Å²) in [5.41, 5.74) is 1.11. The number of ether oxygens (including phenoxy) is 1. The molecular formula is C17H25N5O3. The predicted molar refractivity (Wildman–Crippen MR) is 95.7 cm³/mol. The minimum absolute atomic E-state index is 0.112. The first kappa shape index (κ1) is 17.6. The molecule has 1 unspecified atom stereocenters. The Morgan fingerprint density at radius 1 is 1.32 bits per heavy atom. The van der Waals surface area contributed by atoms with Gasteiger partial charge in [0.25, 0.3) is 5.69 Å². The van der Waals surface area contributed by atoms with Gasteiger partial charge in [-0.05, 0) is 12.0 Å². The van der Waals surface area contributed by atoms with Crippen LogP contribution in [-0.4, -0.2) is 73.2 Å². The largest absolute Gasteiger partial charge is 0.379 e. The number of aliphatic imine (C=N–C) groups is 1. The molecule has 2 heterocycles. The number of non-ortho nitro benzene ring substituents is 1. The number of likely N-dealkylation sites (tertiary alicyclic amines) is 1. The molecule has 0 amide bonds. The quantitative estimate of drug-likeness (QED) is 0.380. The van der Waals surface area contributed by atoms with Gasteiger partial charge in [-0.1, -0.05) is 12.1 Å². The molecule has 1 aromatic carbocycles. The zero-order valence-electron chi connectivity index (χ0n) is 14.6. The van der Waals surface area contributed by atoms with Crippen molar-refractivity contribution in [3.8, 4) is 0 Å². The standard InChI is InChI=1S/C17H25N5O3/c1-18-17(19-12-14-2-4-15(5-3-14)22(23)24)21-7-6-16(13-21)20-8-10-25-11-9-20/h2-5,16H,6-13H2,1H3,(H,18,19). The third-order valence-electron chi connectivity index (χ3n) is 4.83. The number of benzene rings is 1. The average Bonchev–Trinajstić information content (AvgIpc) is 3.13. The summed E-state index contributed by atoms with van der Waals surface area (Å²) in [5.74, 6) is 0.883. The molecular weight excluding hydrogens is 322 g/mol. The van der Waals surface area contributed by atoms with Crippen LogP contribution in [0, 0.1) is 10.1 Å². The van der Waals surface area contributed by atoms with Crippen LogP contribution >= 0.6 is 0 Å². The van der Waals surface area contributed by atoms with E-state index in [0.29, 0.717) is 12.6 Å². The highest BCUT2D eigenvalue weighted by Crippen LogP contribution is 2.17. The van der Waals surface area contributed by atoms with Gasteiger partial charge in [-0.2, -0.15) is 0 Å². The highest BCUT2D eigenvalue weighted by atomic mass is 16.6. The fourth-order valence-corrected chi connectivity index (χ4v) is 3.42. The lowest BCUT2D eigenvalue weighted by Crippen LogP contribution is -2.46. The molecule has 3 rings (SSSR count). The Hall–Kier alpha value is -2.19. The number of nitrogens with one attached hydrogen (secondary N) is 1. The normalized spacial score (nSPS) is 22.2. The number of morpholine rings is 1. The van der Waals surface area contributed by atoms with Gasteiger partial charge < -0.3 is 15.0 Å². The van der Waals surface area contributed by atoms with Crippen molar-refractivity contribution in [2.45, 2.75) is 19.0 Å². The van der Waals surface area contributed by atoms with E-state index in [-0.39, 0.29) is 10.6 Å². The first-order valence-electron chi connectivity index (χ1n) is 8.68. The van der Waals surface area contributed by atoms with Crippen LogP contribution in [0.3, 0.4) is 0 Å². The van der Waals surface area contributed by atoms with Crippen molar-refractivity contribution in [3.63, 3.8) is 0 Å². The van der Waals surface area contributed by atoms with E-state index in [1.807, 2.05) is 0 Å². The Morgan fingerprint density at radius 3 is 2.68 bits per heavy atom. The fraction of sp³-hybridized carbons (Fsp3) is 0.588. The van der Waals surface area contributed by atoms with Crippen LogP contribution in [-0.2, 0) is 11.3 Å². The zero-order valence-corrected chi connectivity index (χ0v) is 14.6. The maximum atomic E-state index is 10.7. The number of nitro groups is 1.